The molecule has 1 N–H and O–H groups in total. The maximum absolute atomic E-state index is 6.07. The first-order valence-electron chi connectivity index (χ1n) is 6.94. The Morgan fingerprint density at radius 3 is 2.60 bits per heavy atom. The van der Waals surface area contributed by atoms with E-state index in [2.05, 4.69) is 24.2 Å². The van der Waals surface area contributed by atoms with Crippen LogP contribution in [0.1, 0.15) is 24.9 Å². The summed E-state index contributed by atoms with van der Waals surface area (Å²) in [4.78, 5) is 2.25. The van der Waals surface area contributed by atoms with Crippen molar-refractivity contribution in [2.45, 2.75) is 19.4 Å². The second kappa shape index (κ2) is 9.59. The van der Waals surface area contributed by atoms with E-state index in [1.54, 1.807) is 7.11 Å². The standard InChI is InChI=1S/C15H24Cl2N2O/c1-4-15(12-5-6-13(16)14(17)11-12)18-7-8-19(2)9-10-20-3/h5-6,11,15,18H,4,7-10H2,1-3H3. The highest BCUT2D eigenvalue weighted by Crippen LogP contribution is 2.26. The summed E-state index contributed by atoms with van der Waals surface area (Å²) in [5, 5.41) is 4.77. The lowest BCUT2D eigenvalue weighted by atomic mass is 10.0. The van der Waals surface area contributed by atoms with Crippen LogP contribution in [0.2, 0.25) is 10.0 Å². The van der Waals surface area contributed by atoms with Crippen LogP contribution in [0.15, 0.2) is 18.2 Å². The van der Waals surface area contributed by atoms with Crippen molar-refractivity contribution >= 4 is 23.2 Å². The molecule has 20 heavy (non-hydrogen) atoms. The van der Waals surface area contributed by atoms with Crippen LogP contribution in [0.5, 0.6) is 0 Å². The van der Waals surface area contributed by atoms with Crippen LogP contribution in [0, 0.1) is 0 Å². The van der Waals surface area contributed by atoms with Crippen LogP contribution in [0.4, 0.5) is 0 Å². The lowest BCUT2D eigenvalue weighted by Crippen LogP contribution is -2.33. The Balaban J connectivity index is 2.44. The second-order valence-corrected chi connectivity index (χ2v) is 5.70. The fourth-order valence-electron chi connectivity index (χ4n) is 2.02. The van der Waals surface area contributed by atoms with Crippen LogP contribution < -0.4 is 5.32 Å². The van der Waals surface area contributed by atoms with Gasteiger partial charge in [0, 0.05) is 32.8 Å². The molecule has 0 saturated carbocycles. The van der Waals surface area contributed by atoms with Crippen molar-refractivity contribution in [3.63, 3.8) is 0 Å². The van der Waals surface area contributed by atoms with Gasteiger partial charge < -0.3 is 15.0 Å². The van der Waals surface area contributed by atoms with Crippen LogP contribution in [0.3, 0.4) is 0 Å². The van der Waals surface area contributed by atoms with Gasteiger partial charge in [0.05, 0.1) is 16.7 Å². The zero-order chi connectivity index (χ0) is 15.0. The van der Waals surface area contributed by atoms with Crippen molar-refractivity contribution in [1.82, 2.24) is 10.2 Å². The van der Waals surface area contributed by atoms with E-state index in [1.165, 1.54) is 5.56 Å². The molecule has 0 spiro atoms. The SMILES string of the molecule is CCC(NCCN(C)CCOC)c1ccc(Cl)c(Cl)c1. The number of ether oxygens (including phenoxy) is 1. The molecule has 1 atom stereocenters. The average molecular weight is 319 g/mol. The summed E-state index contributed by atoms with van der Waals surface area (Å²) in [5.41, 5.74) is 1.18. The maximum Gasteiger partial charge on any atom is 0.0595 e. The van der Waals surface area contributed by atoms with E-state index in [1.807, 2.05) is 18.2 Å². The average Bonchev–Trinajstić information content (AvgIpc) is 2.44. The summed E-state index contributed by atoms with van der Waals surface area (Å²) in [6, 6.07) is 6.14. The molecular weight excluding hydrogens is 295 g/mol. The summed E-state index contributed by atoms with van der Waals surface area (Å²) in [7, 11) is 3.82. The van der Waals surface area contributed by atoms with E-state index < -0.39 is 0 Å². The van der Waals surface area contributed by atoms with Crippen molar-refractivity contribution in [1.29, 1.82) is 0 Å². The number of rotatable bonds is 9. The summed E-state index contributed by atoms with van der Waals surface area (Å²) in [6.07, 6.45) is 1.01. The zero-order valence-electron chi connectivity index (χ0n) is 12.5. The molecule has 0 aliphatic rings. The molecule has 0 heterocycles. The van der Waals surface area contributed by atoms with Gasteiger partial charge in [0.25, 0.3) is 0 Å². The first-order chi connectivity index (χ1) is 9.58. The molecule has 0 bridgehead atoms. The van der Waals surface area contributed by atoms with Crippen molar-refractivity contribution < 1.29 is 4.74 Å². The fourth-order valence-corrected chi connectivity index (χ4v) is 2.32. The predicted octanol–water partition coefficient (Wildman–Crippen LogP) is 3.61. The molecule has 0 fully saturated rings. The predicted molar refractivity (Wildman–Crippen MR) is 86.9 cm³/mol. The molecule has 0 radical (unpaired) electrons. The molecule has 1 aromatic carbocycles. The van der Waals surface area contributed by atoms with E-state index >= 15 is 0 Å². The number of nitrogens with zero attached hydrogens (tertiary/aromatic N) is 1. The third-order valence-corrected chi connectivity index (χ3v) is 4.05. The van der Waals surface area contributed by atoms with E-state index in [0.29, 0.717) is 16.1 Å². The van der Waals surface area contributed by atoms with Crippen LogP contribution in [-0.2, 0) is 4.74 Å². The van der Waals surface area contributed by atoms with Gasteiger partial charge in [-0.25, -0.2) is 0 Å². The first-order valence-corrected chi connectivity index (χ1v) is 7.69. The Morgan fingerprint density at radius 2 is 2.00 bits per heavy atom. The zero-order valence-corrected chi connectivity index (χ0v) is 14.0. The van der Waals surface area contributed by atoms with Gasteiger partial charge in [-0.3, -0.25) is 0 Å². The van der Waals surface area contributed by atoms with Gasteiger partial charge >= 0.3 is 0 Å². The van der Waals surface area contributed by atoms with E-state index in [-0.39, 0.29) is 0 Å². The number of benzene rings is 1. The highest BCUT2D eigenvalue weighted by molar-refractivity contribution is 6.42. The van der Waals surface area contributed by atoms with Crippen LogP contribution in [-0.4, -0.2) is 45.3 Å². The fraction of sp³-hybridized carbons (Fsp3) is 0.600. The lowest BCUT2D eigenvalue weighted by molar-refractivity contribution is 0.161. The number of nitrogens with one attached hydrogen (secondary N) is 1. The minimum atomic E-state index is 0.306. The summed E-state index contributed by atoms with van der Waals surface area (Å²) < 4.78 is 5.07. The second-order valence-electron chi connectivity index (χ2n) is 4.88. The molecular formula is C15H24Cl2N2O. The molecule has 1 rings (SSSR count). The molecule has 0 saturated heterocycles. The first kappa shape index (κ1) is 17.7. The van der Waals surface area contributed by atoms with Gasteiger partial charge in [0.1, 0.15) is 0 Å². The topological polar surface area (TPSA) is 24.5 Å². The molecule has 0 aromatic heterocycles. The summed E-state index contributed by atoms with van der Waals surface area (Å²) in [6.45, 7) is 5.79. The van der Waals surface area contributed by atoms with Gasteiger partial charge in [-0.05, 0) is 31.2 Å². The van der Waals surface area contributed by atoms with E-state index in [4.69, 9.17) is 27.9 Å². The third-order valence-electron chi connectivity index (χ3n) is 3.32. The lowest BCUT2D eigenvalue weighted by Gasteiger charge is -2.21. The Hall–Kier alpha value is -0.320. The molecule has 5 heteroatoms. The highest BCUT2D eigenvalue weighted by Gasteiger charge is 2.10. The molecule has 3 nitrogen and oxygen atoms in total. The Bertz CT molecular complexity index is 401. The van der Waals surface area contributed by atoms with Crippen molar-refractivity contribution in [3.8, 4) is 0 Å². The quantitative estimate of drug-likeness (QED) is 0.752. The van der Waals surface area contributed by atoms with Gasteiger partial charge in [-0.2, -0.15) is 0 Å². The van der Waals surface area contributed by atoms with Gasteiger partial charge in [-0.1, -0.05) is 36.2 Å². The maximum atomic E-state index is 6.07. The number of likely N-dealkylation sites (N-methyl/N-ethyl adjacent to an activating group) is 1. The Labute approximate surface area is 132 Å². The summed E-state index contributed by atoms with van der Waals surface area (Å²) in [5.74, 6) is 0. The number of hydrogen-bond acceptors (Lipinski definition) is 3. The van der Waals surface area contributed by atoms with Crippen molar-refractivity contribution in [2.24, 2.45) is 0 Å². The third kappa shape index (κ3) is 5.98. The molecule has 0 aliphatic carbocycles. The molecule has 1 aromatic rings. The van der Waals surface area contributed by atoms with Gasteiger partial charge in [0.15, 0.2) is 0 Å². The minimum absolute atomic E-state index is 0.306. The van der Waals surface area contributed by atoms with Crippen molar-refractivity contribution in [3.05, 3.63) is 33.8 Å². The smallest absolute Gasteiger partial charge is 0.0595 e. The Morgan fingerprint density at radius 1 is 1.25 bits per heavy atom. The van der Waals surface area contributed by atoms with Gasteiger partial charge in [0.2, 0.25) is 0 Å². The monoisotopic (exact) mass is 318 g/mol. The Kier molecular flexibility index (Phi) is 8.50. The number of methoxy groups -OCH3 is 1. The molecule has 0 amide bonds. The molecule has 1 unspecified atom stereocenters. The molecule has 0 aliphatic heterocycles. The summed E-state index contributed by atoms with van der Waals surface area (Å²) >= 11 is 12.0. The highest BCUT2D eigenvalue weighted by atomic mass is 35.5. The normalized spacial score (nSPS) is 12.9. The van der Waals surface area contributed by atoms with E-state index in [0.717, 1.165) is 32.7 Å². The largest absolute Gasteiger partial charge is 0.383 e. The van der Waals surface area contributed by atoms with Gasteiger partial charge in [-0.15, -0.1) is 0 Å². The molecule has 114 valence electrons. The van der Waals surface area contributed by atoms with Crippen LogP contribution in [0.25, 0.3) is 0 Å². The van der Waals surface area contributed by atoms with Crippen LogP contribution >= 0.6 is 23.2 Å². The minimum Gasteiger partial charge on any atom is -0.383 e. The van der Waals surface area contributed by atoms with E-state index in [9.17, 15) is 0 Å². The number of halogens is 2. The number of hydrogen-bond donors (Lipinski definition) is 1. The van der Waals surface area contributed by atoms with Crippen molar-refractivity contribution in [2.75, 3.05) is 40.4 Å².